The number of rotatable bonds is 7. The van der Waals surface area contributed by atoms with Crippen molar-refractivity contribution in [1.82, 2.24) is 4.57 Å². The second-order valence-electron chi connectivity index (χ2n) is 8.92. The highest BCUT2D eigenvalue weighted by molar-refractivity contribution is 5.94. The van der Waals surface area contributed by atoms with E-state index in [2.05, 4.69) is 10.4 Å². The minimum absolute atomic E-state index is 0.00412. The number of hydrogen-bond donors (Lipinski definition) is 0. The Bertz CT molecular complexity index is 1180. The molecule has 0 saturated carbocycles. The second-order valence-corrected chi connectivity index (χ2v) is 8.92. The van der Waals surface area contributed by atoms with E-state index in [9.17, 15) is 24.2 Å². The van der Waals surface area contributed by atoms with Crippen LogP contribution in [0.5, 0.6) is 11.5 Å². The summed E-state index contributed by atoms with van der Waals surface area (Å²) >= 11 is 0. The van der Waals surface area contributed by atoms with E-state index in [4.69, 9.17) is 9.47 Å². The number of aromatic nitrogens is 1. The Labute approximate surface area is 189 Å². The van der Waals surface area contributed by atoms with Crippen LogP contribution in [0.1, 0.15) is 55.6 Å². The third-order valence-corrected chi connectivity index (χ3v) is 5.70. The maximum atomic E-state index is 12.6. The number of carbonyl (C=O) groups is 2. The molecule has 10 nitrogen and oxygen atoms in total. The Hall–Kier alpha value is -3.69. The van der Waals surface area contributed by atoms with Crippen LogP contribution in [0.4, 0.5) is 0 Å². The van der Waals surface area contributed by atoms with Crippen molar-refractivity contribution in [3.05, 3.63) is 55.6 Å². The number of pyridine rings is 1. The van der Waals surface area contributed by atoms with E-state index in [0.29, 0.717) is 30.0 Å². The average molecular weight is 455 g/mol. The summed E-state index contributed by atoms with van der Waals surface area (Å²) in [6.07, 6.45) is 2.31. The van der Waals surface area contributed by atoms with Crippen molar-refractivity contribution in [2.75, 3.05) is 13.7 Å². The highest BCUT2D eigenvalue weighted by Gasteiger charge is 2.34. The van der Waals surface area contributed by atoms with E-state index < -0.39 is 17.2 Å². The molecule has 1 aliphatic heterocycles. The summed E-state index contributed by atoms with van der Waals surface area (Å²) in [6, 6.07) is 4.81. The van der Waals surface area contributed by atoms with Gasteiger partial charge in [0, 0.05) is 40.6 Å². The number of amides is 2. The molecule has 1 unspecified atom stereocenters. The van der Waals surface area contributed by atoms with Gasteiger partial charge in [-0.05, 0) is 36.0 Å². The molecule has 0 spiro atoms. The molecule has 10 heteroatoms. The van der Waals surface area contributed by atoms with Crippen LogP contribution >= 0.6 is 0 Å². The molecule has 33 heavy (non-hydrogen) atoms. The number of hydrogen-bond acceptors (Lipinski definition) is 7. The zero-order valence-electron chi connectivity index (χ0n) is 18.9. The van der Waals surface area contributed by atoms with Gasteiger partial charge in [0.1, 0.15) is 5.56 Å². The van der Waals surface area contributed by atoms with Crippen LogP contribution in [0.3, 0.4) is 0 Å². The van der Waals surface area contributed by atoms with Crippen LogP contribution in [-0.2, 0) is 11.2 Å². The SMILES string of the molecule is COc1cc2c(cc1OCCCC(=O)N=O)CC(C(C)(C)C)n1cc(C(=O)N=O)c(=O)cc1-2. The van der Waals surface area contributed by atoms with Crippen LogP contribution in [0.2, 0.25) is 0 Å². The molecule has 1 atom stereocenters. The lowest BCUT2D eigenvalue weighted by molar-refractivity contribution is -0.118. The molecule has 1 aromatic heterocycles. The average Bonchev–Trinajstić information content (AvgIpc) is 2.78. The van der Waals surface area contributed by atoms with Gasteiger partial charge in [-0.1, -0.05) is 20.8 Å². The topological polar surface area (TPSA) is 133 Å². The van der Waals surface area contributed by atoms with Gasteiger partial charge in [0.15, 0.2) is 16.9 Å². The largest absolute Gasteiger partial charge is 0.493 e. The Kier molecular flexibility index (Phi) is 6.85. The summed E-state index contributed by atoms with van der Waals surface area (Å²) in [5.74, 6) is -0.924. The lowest BCUT2D eigenvalue weighted by atomic mass is 9.78. The van der Waals surface area contributed by atoms with E-state index in [-0.39, 0.29) is 30.0 Å². The van der Waals surface area contributed by atoms with E-state index in [0.717, 1.165) is 11.1 Å². The molecule has 3 rings (SSSR count). The minimum atomic E-state index is -1.10. The smallest absolute Gasteiger partial charge is 0.322 e. The van der Waals surface area contributed by atoms with Gasteiger partial charge < -0.3 is 14.0 Å². The number of fused-ring (bicyclic) bond motifs is 3. The maximum absolute atomic E-state index is 12.6. The van der Waals surface area contributed by atoms with Crippen molar-refractivity contribution in [3.63, 3.8) is 0 Å². The molecule has 0 N–H and O–H groups in total. The molecular formula is C23H25N3O7. The summed E-state index contributed by atoms with van der Waals surface area (Å²) in [6.45, 7) is 6.33. The fourth-order valence-electron chi connectivity index (χ4n) is 4.00. The van der Waals surface area contributed by atoms with Crippen molar-refractivity contribution in [1.29, 1.82) is 0 Å². The number of nitroso groups, excluding NO2 is 2. The monoisotopic (exact) mass is 455 g/mol. The second kappa shape index (κ2) is 9.43. The molecule has 2 amide bonds. The highest BCUT2D eigenvalue weighted by atomic mass is 16.5. The summed E-state index contributed by atoms with van der Waals surface area (Å²) < 4.78 is 13.1. The Morgan fingerprint density at radius 1 is 1.12 bits per heavy atom. The van der Waals surface area contributed by atoms with Gasteiger partial charge in [0.05, 0.1) is 19.4 Å². The number of ether oxygens (including phenoxy) is 2. The lowest BCUT2D eigenvalue weighted by Crippen LogP contribution is -2.32. The summed E-state index contributed by atoms with van der Waals surface area (Å²) in [5.41, 5.74) is 1.16. The molecular weight excluding hydrogens is 430 g/mol. The Morgan fingerprint density at radius 2 is 1.85 bits per heavy atom. The van der Waals surface area contributed by atoms with Crippen molar-refractivity contribution < 1.29 is 19.1 Å². The van der Waals surface area contributed by atoms with Gasteiger partial charge in [-0.2, -0.15) is 0 Å². The van der Waals surface area contributed by atoms with E-state index >= 15 is 0 Å². The molecule has 0 radical (unpaired) electrons. The first kappa shape index (κ1) is 24.0. The normalized spacial score (nSPS) is 14.6. The summed E-state index contributed by atoms with van der Waals surface area (Å²) in [4.78, 5) is 56.5. The van der Waals surface area contributed by atoms with E-state index in [1.165, 1.54) is 19.4 Å². The first-order valence-electron chi connectivity index (χ1n) is 10.4. The van der Waals surface area contributed by atoms with Crippen LogP contribution in [-0.4, -0.2) is 30.1 Å². The van der Waals surface area contributed by atoms with Crippen molar-refractivity contribution in [2.24, 2.45) is 15.8 Å². The summed E-state index contributed by atoms with van der Waals surface area (Å²) in [7, 11) is 1.49. The summed E-state index contributed by atoms with van der Waals surface area (Å²) in [5, 5.41) is 4.77. The van der Waals surface area contributed by atoms with Gasteiger partial charge in [-0.25, -0.2) is 0 Å². The zero-order chi connectivity index (χ0) is 24.3. The Balaban J connectivity index is 2.07. The third kappa shape index (κ3) is 4.89. The molecule has 2 aromatic rings. The molecule has 174 valence electrons. The first-order valence-corrected chi connectivity index (χ1v) is 10.4. The molecule has 0 saturated heterocycles. The minimum Gasteiger partial charge on any atom is -0.493 e. The number of benzene rings is 1. The molecule has 0 bridgehead atoms. The fourth-order valence-corrected chi connectivity index (χ4v) is 4.00. The quantitative estimate of drug-likeness (QED) is 0.454. The molecule has 1 aromatic carbocycles. The first-order chi connectivity index (χ1) is 15.6. The van der Waals surface area contributed by atoms with E-state index in [1.807, 2.05) is 31.4 Å². The van der Waals surface area contributed by atoms with Crippen molar-refractivity contribution in [3.8, 4) is 22.8 Å². The lowest BCUT2D eigenvalue weighted by Gasteiger charge is -2.39. The number of methoxy groups -OCH3 is 1. The molecule has 0 fully saturated rings. The molecule has 2 heterocycles. The van der Waals surface area contributed by atoms with Gasteiger partial charge in [0.25, 0.3) is 5.91 Å². The number of nitrogens with zero attached hydrogens (tertiary/aromatic N) is 3. The van der Waals surface area contributed by atoms with Crippen LogP contribution < -0.4 is 14.9 Å². The van der Waals surface area contributed by atoms with Crippen LogP contribution in [0.15, 0.2) is 39.5 Å². The number of carbonyl (C=O) groups excluding carboxylic acids is 2. The third-order valence-electron chi connectivity index (χ3n) is 5.70. The van der Waals surface area contributed by atoms with Crippen molar-refractivity contribution in [2.45, 2.75) is 46.1 Å². The standard InChI is InChI=1S/C23H25N3O7/c1-23(2,3)20-9-13-8-19(33-7-5-6-21(28)24-30)18(32-4)10-14(13)16-11-17(27)15(12-26(16)20)22(29)25-31/h8,10-12,20H,5-7,9H2,1-4H3. The highest BCUT2D eigenvalue weighted by Crippen LogP contribution is 2.45. The fraction of sp³-hybridized carbons (Fsp3) is 0.435. The van der Waals surface area contributed by atoms with Gasteiger partial charge in [-0.3, -0.25) is 14.4 Å². The molecule has 1 aliphatic rings. The zero-order valence-corrected chi connectivity index (χ0v) is 18.9. The van der Waals surface area contributed by atoms with Gasteiger partial charge in [0.2, 0.25) is 0 Å². The van der Waals surface area contributed by atoms with Crippen LogP contribution in [0, 0.1) is 15.2 Å². The predicted molar refractivity (Wildman–Crippen MR) is 121 cm³/mol. The predicted octanol–water partition coefficient (Wildman–Crippen LogP) is 4.03. The van der Waals surface area contributed by atoms with Gasteiger partial charge in [-0.15, -0.1) is 9.81 Å². The van der Waals surface area contributed by atoms with Crippen molar-refractivity contribution >= 4 is 11.8 Å². The van der Waals surface area contributed by atoms with Gasteiger partial charge >= 0.3 is 5.91 Å². The van der Waals surface area contributed by atoms with E-state index in [1.54, 1.807) is 6.07 Å². The maximum Gasteiger partial charge on any atom is 0.322 e. The Morgan fingerprint density at radius 3 is 2.45 bits per heavy atom. The van der Waals surface area contributed by atoms with Crippen LogP contribution in [0.25, 0.3) is 11.3 Å². The molecule has 0 aliphatic carbocycles.